The standard InChI is InChI=1S/C17H21N3O2/c1-20(2)14-7-4-12(5-8-14)11-22-15-9-6-13(17(18)19)10-16(15)21-3/h4-10H,11H2,1-3H3,(H3,18,19). The van der Waals surface area contributed by atoms with Crippen LogP contribution in [0.15, 0.2) is 42.5 Å². The average molecular weight is 299 g/mol. The normalized spacial score (nSPS) is 10.1. The predicted octanol–water partition coefficient (Wildman–Crippen LogP) is 2.62. The van der Waals surface area contributed by atoms with E-state index in [1.807, 2.05) is 31.1 Å². The Kier molecular flexibility index (Phi) is 4.88. The van der Waals surface area contributed by atoms with Crippen molar-refractivity contribution in [2.24, 2.45) is 5.73 Å². The third-order valence-electron chi connectivity index (χ3n) is 3.32. The maximum atomic E-state index is 7.45. The van der Waals surface area contributed by atoms with E-state index in [0.717, 1.165) is 11.3 Å². The minimum atomic E-state index is 0.00382. The molecule has 5 heteroatoms. The number of anilines is 1. The van der Waals surface area contributed by atoms with Crippen molar-refractivity contribution in [3.63, 3.8) is 0 Å². The lowest BCUT2D eigenvalue weighted by molar-refractivity contribution is 0.284. The summed E-state index contributed by atoms with van der Waals surface area (Å²) in [5.41, 5.74) is 8.30. The second-order valence-corrected chi connectivity index (χ2v) is 5.13. The van der Waals surface area contributed by atoms with Crippen molar-refractivity contribution in [1.29, 1.82) is 5.41 Å². The molecule has 0 radical (unpaired) electrons. The molecule has 0 spiro atoms. The van der Waals surface area contributed by atoms with Gasteiger partial charge in [0.1, 0.15) is 12.4 Å². The van der Waals surface area contributed by atoms with Crippen LogP contribution >= 0.6 is 0 Å². The minimum Gasteiger partial charge on any atom is -0.493 e. The maximum absolute atomic E-state index is 7.45. The fourth-order valence-corrected chi connectivity index (χ4v) is 2.01. The molecule has 0 aliphatic carbocycles. The van der Waals surface area contributed by atoms with Crippen LogP contribution in [0.3, 0.4) is 0 Å². The largest absolute Gasteiger partial charge is 0.493 e. The van der Waals surface area contributed by atoms with Gasteiger partial charge < -0.3 is 20.1 Å². The van der Waals surface area contributed by atoms with E-state index in [2.05, 4.69) is 12.1 Å². The monoisotopic (exact) mass is 299 g/mol. The highest BCUT2D eigenvalue weighted by Gasteiger charge is 2.07. The van der Waals surface area contributed by atoms with Gasteiger partial charge >= 0.3 is 0 Å². The van der Waals surface area contributed by atoms with E-state index >= 15 is 0 Å². The van der Waals surface area contributed by atoms with Gasteiger partial charge in [0.15, 0.2) is 11.5 Å². The van der Waals surface area contributed by atoms with E-state index in [9.17, 15) is 0 Å². The van der Waals surface area contributed by atoms with Crippen LogP contribution in [0.4, 0.5) is 5.69 Å². The van der Waals surface area contributed by atoms with Crippen molar-refractivity contribution >= 4 is 11.5 Å². The zero-order chi connectivity index (χ0) is 16.1. The first-order valence-electron chi connectivity index (χ1n) is 6.92. The lowest BCUT2D eigenvalue weighted by Gasteiger charge is -2.14. The maximum Gasteiger partial charge on any atom is 0.161 e. The predicted molar refractivity (Wildman–Crippen MR) is 89.1 cm³/mol. The molecule has 0 aliphatic heterocycles. The molecule has 0 atom stereocenters. The van der Waals surface area contributed by atoms with E-state index < -0.39 is 0 Å². The van der Waals surface area contributed by atoms with Crippen LogP contribution in [0.25, 0.3) is 0 Å². The highest BCUT2D eigenvalue weighted by Crippen LogP contribution is 2.28. The number of ether oxygens (including phenoxy) is 2. The Balaban J connectivity index is 2.09. The van der Waals surface area contributed by atoms with Gasteiger partial charge in [-0.05, 0) is 35.9 Å². The number of hydrogen-bond acceptors (Lipinski definition) is 4. The summed E-state index contributed by atoms with van der Waals surface area (Å²) in [7, 11) is 5.58. The zero-order valence-electron chi connectivity index (χ0n) is 13.1. The first-order chi connectivity index (χ1) is 10.5. The molecule has 22 heavy (non-hydrogen) atoms. The molecule has 0 fully saturated rings. The second kappa shape index (κ2) is 6.85. The van der Waals surface area contributed by atoms with Gasteiger partial charge in [0.25, 0.3) is 0 Å². The Morgan fingerprint density at radius 3 is 2.32 bits per heavy atom. The molecule has 2 aromatic carbocycles. The summed E-state index contributed by atoms with van der Waals surface area (Å²) in [6.45, 7) is 0.448. The molecular weight excluding hydrogens is 278 g/mol. The van der Waals surface area contributed by atoms with Crippen LogP contribution in [-0.4, -0.2) is 27.0 Å². The van der Waals surface area contributed by atoms with E-state index in [-0.39, 0.29) is 5.84 Å². The molecule has 0 unspecified atom stereocenters. The number of rotatable bonds is 6. The topological polar surface area (TPSA) is 71.6 Å². The molecule has 116 valence electrons. The Morgan fingerprint density at radius 2 is 1.77 bits per heavy atom. The van der Waals surface area contributed by atoms with Crippen molar-refractivity contribution in [2.45, 2.75) is 6.61 Å². The number of nitrogens with one attached hydrogen (secondary N) is 1. The van der Waals surface area contributed by atoms with Crippen molar-refractivity contribution in [3.05, 3.63) is 53.6 Å². The first-order valence-corrected chi connectivity index (χ1v) is 6.92. The lowest BCUT2D eigenvalue weighted by Crippen LogP contribution is -2.11. The number of hydrogen-bond donors (Lipinski definition) is 2. The van der Waals surface area contributed by atoms with E-state index in [1.54, 1.807) is 25.3 Å². The molecule has 0 aromatic heterocycles. The summed E-state index contributed by atoms with van der Waals surface area (Å²) in [4.78, 5) is 2.05. The number of nitrogens with zero attached hydrogens (tertiary/aromatic N) is 1. The molecule has 5 nitrogen and oxygen atoms in total. The number of nitrogens with two attached hydrogens (primary N) is 1. The Labute approximate surface area is 130 Å². The summed E-state index contributed by atoms with van der Waals surface area (Å²) >= 11 is 0. The van der Waals surface area contributed by atoms with Crippen LogP contribution in [0.2, 0.25) is 0 Å². The Morgan fingerprint density at radius 1 is 1.09 bits per heavy atom. The Bertz CT molecular complexity index is 651. The minimum absolute atomic E-state index is 0.00382. The molecule has 0 saturated carbocycles. The summed E-state index contributed by atoms with van der Waals surface area (Å²) in [5, 5.41) is 7.45. The molecular formula is C17H21N3O2. The highest BCUT2D eigenvalue weighted by atomic mass is 16.5. The fourth-order valence-electron chi connectivity index (χ4n) is 2.01. The average Bonchev–Trinajstić information content (AvgIpc) is 2.52. The third kappa shape index (κ3) is 3.69. The van der Waals surface area contributed by atoms with Crippen LogP contribution in [0, 0.1) is 5.41 Å². The summed E-state index contributed by atoms with van der Waals surface area (Å²) in [6, 6.07) is 13.4. The van der Waals surface area contributed by atoms with Crippen LogP contribution in [0.1, 0.15) is 11.1 Å². The highest BCUT2D eigenvalue weighted by molar-refractivity contribution is 5.95. The number of amidine groups is 1. The summed E-state index contributed by atoms with van der Waals surface area (Å²) < 4.78 is 11.1. The van der Waals surface area contributed by atoms with Crippen molar-refractivity contribution in [2.75, 3.05) is 26.1 Å². The van der Waals surface area contributed by atoms with E-state index in [0.29, 0.717) is 23.7 Å². The van der Waals surface area contributed by atoms with Gasteiger partial charge in [0, 0.05) is 25.3 Å². The second-order valence-electron chi connectivity index (χ2n) is 5.13. The van der Waals surface area contributed by atoms with E-state index in [4.69, 9.17) is 20.6 Å². The van der Waals surface area contributed by atoms with Gasteiger partial charge in [-0.1, -0.05) is 12.1 Å². The SMILES string of the molecule is COc1cc(C(=N)N)ccc1OCc1ccc(N(C)C)cc1. The van der Waals surface area contributed by atoms with Crippen molar-refractivity contribution < 1.29 is 9.47 Å². The van der Waals surface area contributed by atoms with Gasteiger partial charge in [-0.15, -0.1) is 0 Å². The molecule has 0 aliphatic rings. The molecule has 0 heterocycles. The molecule has 2 aromatic rings. The Hall–Kier alpha value is -2.69. The molecule has 2 rings (SSSR count). The molecule has 0 amide bonds. The third-order valence-corrected chi connectivity index (χ3v) is 3.32. The molecule has 0 saturated heterocycles. The van der Waals surface area contributed by atoms with Crippen molar-refractivity contribution in [3.8, 4) is 11.5 Å². The quantitative estimate of drug-likeness (QED) is 0.635. The molecule has 3 N–H and O–H groups in total. The van der Waals surface area contributed by atoms with E-state index in [1.165, 1.54) is 0 Å². The lowest BCUT2D eigenvalue weighted by atomic mass is 10.2. The van der Waals surface area contributed by atoms with Crippen molar-refractivity contribution in [1.82, 2.24) is 0 Å². The van der Waals surface area contributed by atoms with Gasteiger partial charge in [0.05, 0.1) is 7.11 Å². The number of nitrogen functional groups attached to an aromatic ring is 1. The molecule has 0 bridgehead atoms. The van der Waals surface area contributed by atoms with Gasteiger partial charge in [-0.3, -0.25) is 5.41 Å². The van der Waals surface area contributed by atoms with Gasteiger partial charge in [-0.25, -0.2) is 0 Å². The smallest absolute Gasteiger partial charge is 0.161 e. The number of benzene rings is 2. The summed E-state index contributed by atoms with van der Waals surface area (Å²) in [6.07, 6.45) is 0. The number of methoxy groups -OCH3 is 1. The van der Waals surface area contributed by atoms with Crippen LogP contribution in [-0.2, 0) is 6.61 Å². The van der Waals surface area contributed by atoms with Gasteiger partial charge in [-0.2, -0.15) is 0 Å². The zero-order valence-corrected chi connectivity index (χ0v) is 13.1. The van der Waals surface area contributed by atoms with Gasteiger partial charge in [0.2, 0.25) is 0 Å². The summed E-state index contributed by atoms with van der Waals surface area (Å²) in [5.74, 6) is 1.20. The fraction of sp³-hybridized carbons (Fsp3) is 0.235. The van der Waals surface area contributed by atoms with Crippen LogP contribution in [0.5, 0.6) is 11.5 Å². The van der Waals surface area contributed by atoms with Crippen LogP contribution < -0.4 is 20.1 Å². The first kappa shape index (κ1) is 15.7.